The Morgan fingerprint density at radius 3 is 2.48 bits per heavy atom. The number of aliphatic carboxylic acids is 1. The maximum absolute atomic E-state index is 13.2. The van der Waals surface area contributed by atoms with Gasteiger partial charge in [0.05, 0.1) is 0 Å². The zero-order valence-corrected chi connectivity index (χ0v) is 22.7. The number of aromatic amines is 1. The SMILES string of the molecule is Cc1[nH]c2ccc(OC(=O)N(CCCC(=O)O)c3ccccn3)cc2c1C(=O)CCc1ccc(C(=N)N)cc1.Cl. The molecule has 0 aliphatic carbocycles. The van der Waals surface area contributed by atoms with Crippen LogP contribution in [-0.2, 0) is 11.2 Å². The summed E-state index contributed by atoms with van der Waals surface area (Å²) >= 11 is 0. The van der Waals surface area contributed by atoms with Gasteiger partial charge in [0.2, 0.25) is 0 Å². The first-order valence-corrected chi connectivity index (χ1v) is 12.4. The Bertz CT molecular complexity index is 1520. The second kappa shape index (κ2) is 13.4. The molecule has 0 spiro atoms. The molecule has 2 heterocycles. The van der Waals surface area contributed by atoms with E-state index in [1.165, 1.54) is 11.1 Å². The van der Waals surface area contributed by atoms with Crippen molar-refractivity contribution in [1.29, 1.82) is 5.41 Å². The molecule has 208 valence electrons. The van der Waals surface area contributed by atoms with Crippen LogP contribution in [-0.4, -0.2) is 45.3 Å². The molecule has 0 saturated heterocycles. The number of hydrogen-bond donors (Lipinski definition) is 4. The van der Waals surface area contributed by atoms with Crippen molar-refractivity contribution in [3.05, 3.63) is 89.2 Å². The third-order valence-corrected chi connectivity index (χ3v) is 6.27. The Labute approximate surface area is 237 Å². The van der Waals surface area contributed by atoms with E-state index in [-0.39, 0.29) is 55.6 Å². The number of nitrogen functional groups attached to an aromatic ring is 1. The van der Waals surface area contributed by atoms with Gasteiger partial charge in [-0.15, -0.1) is 12.4 Å². The Balaban J connectivity index is 0.00000441. The molecule has 2 aromatic carbocycles. The molecular formula is C29H30ClN5O5. The van der Waals surface area contributed by atoms with Crippen LogP contribution < -0.4 is 15.4 Å². The number of pyridine rings is 1. The number of Topliss-reactive ketones (excluding diaryl/α,β-unsaturated/α-hetero) is 1. The maximum Gasteiger partial charge on any atom is 0.420 e. The van der Waals surface area contributed by atoms with E-state index in [1.54, 1.807) is 48.5 Å². The number of aromatic nitrogens is 2. The number of rotatable bonds is 11. The number of carbonyl (C=O) groups excluding carboxylic acids is 2. The zero-order chi connectivity index (χ0) is 27.9. The van der Waals surface area contributed by atoms with E-state index in [0.29, 0.717) is 34.4 Å². The summed E-state index contributed by atoms with van der Waals surface area (Å²) < 4.78 is 5.65. The number of nitrogens with two attached hydrogens (primary N) is 1. The maximum atomic E-state index is 13.2. The van der Waals surface area contributed by atoms with Crippen molar-refractivity contribution in [2.24, 2.45) is 5.73 Å². The number of carbonyl (C=O) groups is 3. The molecule has 0 saturated carbocycles. The van der Waals surface area contributed by atoms with Gasteiger partial charge in [-0.1, -0.05) is 30.3 Å². The normalized spacial score (nSPS) is 10.5. The van der Waals surface area contributed by atoms with Gasteiger partial charge in [0, 0.05) is 53.3 Å². The van der Waals surface area contributed by atoms with Crippen LogP contribution in [0.1, 0.15) is 46.4 Å². The lowest BCUT2D eigenvalue weighted by Crippen LogP contribution is -2.35. The van der Waals surface area contributed by atoms with Crippen molar-refractivity contribution in [3.8, 4) is 5.75 Å². The molecule has 0 bridgehead atoms. The molecule has 5 N–H and O–H groups in total. The molecule has 10 nitrogen and oxygen atoms in total. The molecule has 4 rings (SSSR count). The molecule has 0 aliphatic rings. The van der Waals surface area contributed by atoms with Gasteiger partial charge in [-0.25, -0.2) is 9.78 Å². The van der Waals surface area contributed by atoms with Crippen LogP contribution in [0.4, 0.5) is 10.6 Å². The molecule has 0 unspecified atom stereocenters. The minimum Gasteiger partial charge on any atom is -0.481 e. The third kappa shape index (κ3) is 7.23. The monoisotopic (exact) mass is 563 g/mol. The van der Waals surface area contributed by atoms with E-state index in [4.69, 9.17) is 21.0 Å². The number of carboxylic acids is 1. The van der Waals surface area contributed by atoms with E-state index >= 15 is 0 Å². The lowest BCUT2D eigenvalue weighted by atomic mass is 9.99. The lowest BCUT2D eigenvalue weighted by Gasteiger charge is -2.20. The van der Waals surface area contributed by atoms with E-state index in [2.05, 4.69) is 9.97 Å². The summed E-state index contributed by atoms with van der Waals surface area (Å²) in [6.07, 6.45) is 1.76. The predicted molar refractivity (Wildman–Crippen MR) is 155 cm³/mol. The van der Waals surface area contributed by atoms with Gasteiger partial charge >= 0.3 is 12.1 Å². The van der Waals surface area contributed by atoms with E-state index in [0.717, 1.165) is 11.1 Å². The number of halogens is 1. The van der Waals surface area contributed by atoms with Crippen LogP contribution in [0.2, 0.25) is 0 Å². The minimum atomic E-state index is -0.956. The molecular weight excluding hydrogens is 534 g/mol. The van der Waals surface area contributed by atoms with Crippen molar-refractivity contribution in [1.82, 2.24) is 9.97 Å². The largest absolute Gasteiger partial charge is 0.481 e. The first-order chi connectivity index (χ1) is 18.7. The topological polar surface area (TPSA) is 162 Å². The molecule has 0 atom stereocenters. The number of aryl methyl sites for hydroxylation is 2. The van der Waals surface area contributed by atoms with Crippen molar-refractivity contribution in [3.63, 3.8) is 0 Å². The van der Waals surface area contributed by atoms with Gasteiger partial charge in [-0.2, -0.15) is 0 Å². The summed E-state index contributed by atoms with van der Waals surface area (Å²) in [5.74, 6) is -0.422. The van der Waals surface area contributed by atoms with Gasteiger partial charge in [-0.05, 0) is 55.7 Å². The highest BCUT2D eigenvalue weighted by Crippen LogP contribution is 2.28. The van der Waals surface area contributed by atoms with Gasteiger partial charge in [0.25, 0.3) is 0 Å². The Morgan fingerprint density at radius 1 is 1.07 bits per heavy atom. The van der Waals surface area contributed by atoms with Crippen LogP contribution >= 0.6 is 12.4 Å². The van der Waals surface area contributed by atoms with Gasteiger partial charge in [0.15, 0.2) is 5.78 Å². The van der Waals surface area contributed by atoms with E-state index < -0.39 is 12.1 Å². The summed E-state index contributed by atoms with van der Waals surface area (Å²) in [5, 5.41) is 17.1. The van der Waals surface area contributed by atoms with Crippen LogP contribution in [0.25, 0.3) is 10.9 Å². The summed E-state index contributed by atoms with van der Waals surface area (Å²) in [5.41, 5.74) is 9.08. The molecule has 4 aromatic rings. The number of carboxylic acid groups (broad SMARTS) is 1. The quantitative estimate of drug-likeness (QED) is 0.110. The van der Waals surface area contributed by atoms with E-state index in [9.17, 15) is 14.4 Å². The molecule has 40 heavy (non-hydrogen) atoms. The van der Waals surface area contributed by atoms with Crippen molar-refractivity contribution in [2.75, 3.05) is 11.4 Å². The Morgan fingerprint density at radius 2 is 1.82 bits per heavy atom. The second-order valence-corrected chi connectivity index (χ2v) is 9.07. The number of ether oxygens (including phenoxy) is 1. The van der Waals surface area contributed by atoms with Crippen molar-refractivity contribution < 1.29 is 24.2 Å². The molecule has 0 radical (unpaired) electrons. The molecule has 2 aromatic heterocycles. The lowest BCUT2D eigenvalue weighted by molar-refractivity contribution is -0.137. The van der Waals surface area contributed by atoms with Crippen molar-refractivity contribution >= 4 is 52.8 Å². The number of ketones is 1. The summed E-state index contributed by atoms with van der Waals surface area (Å²) in [4.78, 5) is 46.0. The number of amides is 1. The number of amidine groups is 1. The number of hydrogen-bond acceptors (Lipinski definition) is 6. The highest BCUT2D eigenvalue weighted by molar-refractivity contribution is 6.09. The van der Waals surface area contributed by atoms with Gasteiger partial charge in [0.1, 0.15) is 17.4 Å². The Kier molecular flexibility index (Phi) is 9.99. The molecule has 1 amide bonds. The minimum absolute atomic E-state index is 0. The fourth-order valence-corrected chi connectivity index (χ4v) is 4.32. The first kappa shape index (κ1) is 29.9. The van der Waals surface area contributed by atoms with Crippen LogP contribution in [0.15, 0.2) is 66.9 Å². The summed E-state index contributed by atoms with van der Waals surface area (Å²) in [7, 11) is 0. The molecule has 0 aliphatic heterocycles. The highest BCUT2D eigenvalue weighted by atomic mass is 35.5. The van der Waals surface area contributed by atoms with Crippen LogP contribution in [0.3, 0.4) is 0 Å². The smallest absolute Gasteiger partial charge is 0.420 e. The number of nitrogens with zero attached hydrogens (tertiary/aromatic N) is 2. The predicted octanol–water partition coefficient (Wildman–Crippen LogP) is 5.26. The summed E-state index contributed by atoms with van der Waals surface area (Å²) in [6, 6.07) is 17.3. The molecule has 11 heteroatoms. The second-order valence-electron chi connectivity index (χ2n) is 9.07. The van der Waals surface area contributed by atoms with E-state index in [1.807, 2.05) is 19.1 Å². The number of benzene rings is 2. The summed E-state index contributed by atoms with van der Waals surface area (Å²) in [6.45, 7) is 1.94. The van der Waals surface area contributed by atoms with Gasteiger partial charge < -0.3 is 20.6 Å². The average Bonchev–Trinajstić information content (AvgIpc) is 3.25. The Hall–Kier alpha value is -4.70. The highest BCUT2D eigenvalue weighted by Gasteiger charge is 2.21. The number of anilines is 1. The average molecular weight is 564 g/mol. The molecule has 0 fully saturated rings. The van der Waals surface area contributed by atoms with Crippen LogP contribution in [0, 0.1) is 12.3 Å². The standard InChI is InChI=1S/C29H29N5O5.ClH/c1-18-27(24(35)14-9-19-7-10-20(11-8-19)28(30)31)22-17-21(12-13-23(22)33-18)39-29(38)34(16-4-6-26(36)37)25-5-2-3-15-32-25;/h2-3,5,7-8,10-13,15,17,33H,4,6,9,14,16H2,1H3,(H3,30,31)(H,36,37);1H. The third-order valence-electron chi connectivity index (χ3n) is 6.27. The van der Waals surface area contributed by atoms with Crippen LogP contribution in [0.5, 0.6) is 5.75 Å². The fraction of sp³-hybridized carbons (Fsp3) is 0.207. The fourth-order valence-electron chi connectivity index (χ4n) is 4.32. The first-order valence-electron chi connectivity index (χ1n) is 12.4. The number of H-pyrrole nitrogens is 1. The number of fused-ring (bicyclic) bond motifs is 1. The van der Waals surface area contributed by atoms with Crippen molar-refractivity contribution in [2.45, 2.75) is 32.6 Å². The number of nitrogens with one attached hydrogen (secondary N) is 2. The zero-order valence-electron chi connectivity index (χ0n) is 21.8. The van der Waals surface area contributed by atoms with Gasteiger partial charge in [-0.3, -0.25) is 19.9 Å².